The van der Waals surface area contributed by atoms with Gasteiger partial charge in [-0.1, -0.05) is 11.6 Å². The monoisotopic (exact) mass is 227 g/mol. The molecule has 0 amide bonds. The summed E-state index contributed by atoms with van der Waals surface area (Å²) in [6, 6.07) is 0. The number of hydrogen-bond acceptors (Lipinski definition) is 2. The van der Waals surface area contributed by atoms with Crippen molar-refractivity contribution >= 4 is 11.8 Å². The van der Waals surface area contributed by atoms with Gasteiger partial charge in [0, 0.05) is 0 Å². The van der Waals surface area contributed by atoms with E-state index in [1.165, 1.54) is 63.8 Å². The molecule has 1 aliphatic carbocycles. The first-order valence-corrected chi connectivity index (χ1v) is 7.70. The van der Waals surface area contributed by atoms with Gasteiger partial charge in [0.2, 0.25) is 0 Å². The van der Waals surface area contributed by atoms with Crippen LogP contribution in [-0.2, 0) is 0 Å². The lowest BCUT2D eigenvalue weighted by atomic mass is 9.97. The zero-order chi connectivity index (χ0) is 10.8. The Balaban J connectivity index is 1.86. The van der Waals surface area contributed by atoms with Crippen LogP contribution in [0.3, 0.4) is 0 Å². The van der Waals surface area contributed by atoms with Gasteiger partial charge in [0.15, 0.2) is 0 Å². The third-order valence-corrected chi connectivity index (χ3v) is 3.66. The topological polar surface area (TPSA) is 12.0 Å². The number of unbranched alkanes of at least 4 members (excludes halogenated alkanes) is 1. The highest BCUT2D eigenvalue weighted by atomic mass is 32.2. The Labute approximate surface area is 99.1 Å². The Morgan fingerprint density at radius 3 is 2.93 bits per heavy atom. The van der Waals surface area contributed by atoms with Crippen LogP contribution in [0, 0.1) is 0 Å². The molecule has 1 rings (SSSR count). The van der Waals surface area contributed by atoms with E-state index in [2.05, 4.69) is 17.6 Å². The van der Waals surface area contributed by atoms with E-state index in [0.29, 0.717) is 0 Å². The molecule has 2 heteroatoms. The molecule has 0 aromatic carbocycles. The van der Waals surface area contributed by atoms with Gasteiger partial charge in [0.05, 0.1) is 0 Å². The van der Waals surface area contributed by atoms with Crippen LogP contribution in [0.2, 0.25) is 0 Å². The van der Waals surface area contributed by atoms with E-state index >= 15 is 0 Å². The van der Waals surface area contributed by atoms with Gasteiger partial charge < -0.3 is 5.32 Å². The second-order valence-electron chi connectivity index (χ2n) is 4.31. The summed E-state index contributed by atoms with van der Waals surface area (Å²) in [4.78, 5) is 0. The molecule has 0 spiro atoms. The van der Waals surface area contributed by atoms with Crippen molar-refractivity contribution in [3.63, 3.8) is 0 Å². The van der Waals surface area contributed by atoms with Crippen LogP contribution >= 0.6 is 11.8 Å². The first-order chi connectivity index (χ1) is 7.43. The van der Waals surface area contributed by atoms with Crippen molar-refractivity contribution in [2.24, 2.45) is 0 Å². The Bertz CT molecular complexity index is 177. The molecule has 0 aromatic rings. The summed E-state index contributed by atoms with van der Waals surface area (Å²) in [5.74, 6) is 1.31. The maximum Gasteiger partial charge on any atom is -0.00116 e. The second-order valence-corrected chi connectivity index (χ2v) is 5.29. The fourth-order valence-corrected chi connectivity index (χ4v) is 2.49. The standard InChI is InChI=1S/C13H25NS/c1-15-12-6-5-10-14-11-9-13-7-3-2-4-8-13/h7,14H,2-6,8-12H2,1H3. The maximum absolute atomic E-state index is 3.54. The predicted molar refractivity (Wildman–Crippen MR) is 71.7 cm³/mol. The number of thioether (sulfide) groups is 1. The van der Waals surface area contributed by atoms with E-state index in [1.807, 2.05) is 11.8 Å². The predicted octanol–water partition coefficient (Wildman–Crippen LogP) is 3.61. The van der Waals surface area contributed by atoms with Crippen molar-refractivity contribution in [2.75, 3.05) is 25.1 Å². The van der Waals surface area contributed by atoms with Gasteiger partial charge in [-0.15, -0.1) is 0 Å². The lowest BCUT2D eigenvalue weighted by molar-refractivity contribution is 0.614. The van der Waals surface area contributed by atoms with Crippen LogP contribution in [-0.4, -0.2) is 25.1 Å². The molecule has 0 aliphatic heterocycles. The summed E-state index contributed by atoms with van der Waals surface area (Å²) in [5.41, 5.74) is 1.69. The van der Waals surface area contributed by atoms with Crippen molar-refractivity contribution in [1.82, 2.24) is 5.32 Å². The maximum atomic E-state index is 3.54. The Kier molecular flexibility index (Phi) is 8.12. The largest absolute Gasteiger partial charge is 0.316 e. The second kappa shape index (κ2) is 9.29. The van der Waals surface area contributed by atoms with Gasteiger partial charge in [0.1, 0.15) is 0 Å². The van der Waals surface area contributed by atoms with E-state index in [-0.39, 0.29) is 0 Å². The third kappa shape index (κ3) is 7.02. The van der Waals surface area contributed by atoms with Crippen LogP contribution in [0.5, 0.6) is 0 Å². The molecular weight excluding hydrogens is 202 g/mol. The summed E-state index contributed by atoms with van der Waals surface area (Å²) in [6.07, 6.45) is 14.1. The van der Waals surface area contributed by atoms with E-state index in [1.54, 1.807) is 5.57 Å². The summed E-state index contributed by atoms with van der Waals surface area (Å²) in [6.45, 7) is 2.39. The minimum atomic E-state index is 1.19. The third-order valence-electron chi connectivity index (χ3n) is 2.96. The number of hydrogen-bond donors (Lipinski definition) is 1. The quantitative estimate of drug-likeness (QED) is 0.502. The van der Waals surface area contributed by atoms with Crippen molar-refractivity contribution in [3.8, 4) is 0 Å². The average molecular weight is 227 g/mol. The number of rotatable bonds is 8. The molecule has 0 bridgehead atoms. The van der Waals surface area contributed by atoms with Gasteiger partial charge in [0.25, 0.3) is 0 Å². The normalized spacial score (nSPS) is 16.5. The van der Waals surface area contributed by atoms with Crippen molar-refractivity contribution in [2.45, 2.75) is 44.9 Å². The molecule has 0 heterocycles. The molecule has 1 aliphatic rings. The molecule has 88 valence electrons. The summed E-state index contributed by atoms with van der Waals surface area (Å²) < 4.78 is 0. The molecule has 0 saturated heterocycles. The zero-order valence-electron chi connectivity index (χ0n) is 10.1. The average Bonchev–Trinajstić information content (AvgIpc) is 2.29. The minimum Gasteiger partial charge on any atom is -0.316 e. The Hall–Kier alpha value is 0.0500. The molecule has 1 nitrogen and oxygen atoms in total. The Morgan fingerprint density at radius 2 is 2.20 bits per heavy atom. The van der Waals surface area contributed by atoms with Gasteiger partial charge in [-0.3, -0.25) is 0 Å². The molecule has 0 unspecified atom stereocenters. The van der Waals surface area contributed by atoms with Crippen molar-refractivity contribution in [1.29, 1.82) is 0 Å². The van der Waals surface area contributed by atoms with Crippen LogP contribution in [0.15, 0.2) is 11.6 Å². The van der Waals surface area contributed by atoms with Crippen LogP contribution in [0.1, 0.15) is 44.9 Å². The van der Waals surface area contributed by atoms with Gasteiger partial charge >= 0.3 is 0 Å². The first kappa shape index (κ1) is 13.1. The van der Waals surface area contributed by atoms with Crippen LogP contribution < -0.4 is 5.32 Å². The number of nitrogens with one attached hydrogen (secondary N) is 1. The van der Waals surface area contributed by atoms with Crippen molar-refractivity contribution in [3.05, 3.63) is 11.6 Å². The SMILES string of the molecule is CSCCCCNCCC1=CCCCC1. The van der Waals surface area contributed by atoms with E-state index in [4.69, 9.17) is 0 Å². The fraction of sp³-hybridized carbons (Fsp3) is 0.846. The smallest absolute Gasteiger partial charge is 0.00116 e. The lowest BCUT2D eigenvalue weighted by Crippen LogP contribution is -2.17. The fourth-order valence-electron chi connectivity index (χ4n) is 2.00. The lowest BCUT2D eigenvalue weighted by Gasteiger charge is -2.12. The summed E-state index contributed by atoms with van der Waals surface area (Å²) >= 11 is 1.95. The van der Waals surface area contributed by atoms with Crippen LogP contribution in [0.25, 0.3) is 0 Å². The molecule has 0 fully saturated rings. The van der Waals surface area contributed by atoms with Crippen LogP contribution in [0.4, 0.5) is 0 Å². The molecular formula is C13H25NS. The highest BCUT2D eigenvalue weighted by molar-refractivity contribution is 7.98. The van der Waals surface area contributed by atoms with E-state index in [9.17, 15) is 0 Å². The first-order valence-electron chi connectivity index (χ1n) is 6.31. The highest BCUT2D eigenvalue weighted by Crippen LogP contribution is 2.19. The molecule has 0 radical (unpaired) electrons. The summed E-state index contributed by atoms with van der Waals surface area (Å²) in [7, 11) is 0. The molecule has 0 aromatic heterocycles. The van der Waals surface area contributed by atoms with Crippen molar-refractivity contribution < 1.29 is 0 Å². The number of allylic oxidation sites excluding steroid dienone is 1. The van der Waals surface area contributed by atoms with E-state index in [0.717, 1.165) is 0 Å². The molecule has 0 saturated carbocycles. The molecule has 15 heavy (non-hydrogen) atoms. The molecule has 1 N–H and O–H groups in total. The minimum absolute atomic E-state index is 1.19. The highest BCUT2D eigenvalue weighted by Gasteiger charge is 2.02. The Morgan fingerprint density at radius 1 is 1.27 bits per heavy atom. The molecule has 0 atom stereocenters. The zero-order valence-corrected chi connectivity index (χ0v) is 10.9. The van der Waals surface area contributed by atoms with Gasteiger partial charge in [-0.2, -0.15) is 11.8 Å². The van der Waals surface area contributed by atoms with Gasteiger partial charge in [-0.05, 0) is 70.0 Å². The summed E-state index contributed by atoms with van der Waals surface area (Å²) in [5, 5.41) is 3.54. The van der Waals surface area contributed by atoms with E-state index < -0.39 is 0 Å². The van der Waals surface area contributed by atoms with Gasteiger partial charge in [-0.25, -0.2) is 0 Å².